The van der Waals surface area contributed by atoms with Gasteiger partial charge >= 0.3 is 0 Å². The van der Waals surface area contributed by atoms with Gasteiger partial charge < -0.3 is 5.32 Å². The molecular weight excluding hydrogens is 377 g/mol. The van der Waals surface area contributed by atoms with E-state index in [1.54, 1.807) is 6.07 Å². The summed E-state index contributed by atoms with van der Waals surface area (Å²) < 4.78 is 0. The van der Waals surface area contributed by atoms with E-state index in [0.29, 0.717) is 21.6 Å². The van der Waals surface area contributed by atoms with Gasteiger partial charge in [0.25, 0.3) is 0 Å². The molecule has 2 aromatic carbocycles. The lowest BCUT2D eigenvalue weighted by atomic mass is 9.67. The highest BCUT2D eigenvalue weighted by atomic mass is 35.5. The van der Waals surface area contributed by atoms with Crippen LogP contribution in [0, 0.1) is 11.8 Å². The Balaban J connectivity index is 1.83. The molecule has 1 heterocycles. The van der Waals surface area contributed by atoms with Crippen molar-refractivity contribution in [3.63, 3.8) is 0 Å². The minimum absolute atomic E-state index is 0.0832. The molecule has 0 aromatic heterocycles. The second kappa shape index (κ2) is 6.68. The van der Waals surface area contributed by atoms with E-state index in [1.807, 2.05) is 42.5 Å². The highest BCUT2D eigenvalue weighted by Gasteiger charge is 2.44. The van der Waals surface area contributed by atoms with E-state index in [-0.39, 0.29) is 29.6 Å². The van der Waals surface area contributed by atoms with Crippen molar-refractivity contribution in [2.45, 2.75) is 11.8 Å². The monoisotopic (exact) mass is 391 g/mol. The highest BCUT2D eigenvalue weighted by Crippen LogP contribution is 2.49. The Labute approximate surface area is 161 Å². The van der Waals surface area contributed by atoms with Crippen LogP contribution in [0.15, 0.2) is 54.6 Å². The SMILES string of the molecule is O=C1NC[C@@H]2[C@H](c3ccc(Cl)cc3)[C@@H](c3ccc(Cl)cc3Cl)C=C[C@H]12. The van der Waals surface area contributed by atoms with E-state index in [9.17, 15) is 4.79 Å². The summed E-state index contributed by atoms with van der Waals surface area (Å²) in [6, 6.07) is 13.5. The molecule has 0 saturated carbocycles. The molecule has 1 amide bonds. The first-order valence-corrected chi connectivity index (χ1v) is 9.34. The number of allylic oxidation sites excluding steroid dienone is 1. The third kappa shape index (κ3) is 3.08. The van der Waals surface area contributed by atoms with Crippen molar-refractivity contribution in [3.8, 4) is 0 Å². The fourth-order valence-corrected chi connectivity index (χ4v) is 4.73. The Morgan fingerprint density at radius 1 is 0.880 bits per heavy atom. The van der Waals surface area contributed by atoms with Crippen molar-refractivity contribution in [3.05, 3.63) is 80.8 Å². The smallest absolute Gasteiger partial charge is 0.227 e. The third-order valence-electron chi connectivity index (χ3n) is 5.23. The van der Waals surface area contributed by atoms with Gasteiger partial charge in [-0.25, -0.2) is 0 Å². The van der Waals surface area contributed by atoms with Gasteiger partial charge in [-0.3, -0.25) is 4.79 Å². The van der Waals surface area contributed by atoms with Crippen LogP contribution in [0.3, 0.4) is 0 Å². The molecule has 1 fully saturated rings. The molecule has 25 heavy (non-hydrogen) atoms. The third-order valence-corrected chi connectivity index (χ3v) is 6.04. The number of carbonyl (C=O) groups excluding carboxylic acids is 1. The van der Waals surface area contributed by atoms with Crippen LogP contribution in [-0.2, 0) is 4.79 Å². The molecule has 1 aliphatic carbocycles. The number of amides is 1. The van der Waals surface area contributed by atoms with Crippen molar-refractivity contribution in [1.29, 1.82) is 0 Å². The molecule has 1 N–H and O–H groups in total. The molecule has 5 heteroatoms. The molecule has 2 nitrogen and oxygen atoms in total. The average Bonchev–Trinajstić information content (AvgIpc) is 2.97. The Hall–Kier alpha value is -1.48. The first-order chi connectivity index (χ1) is 12.0. The zero-order valence-electron chi connectivity index (χ0n) is 13.3. The molecule has 2 aliphatic rings. The zero-order chi connectivity index (χ0) is 17.6. The van der Waals surface area contributed by atoms with E-state index in [4.69, 9.17) is 34.8 Å². The summed E-state index contributed by atoms with van der Waals surface area (Å²) >= 11 is 18.6. The molecular formula is C20H16Cl3NO. The highest BCUT2D eigenvalue weighted by molar-refractivity contribution is 6.35. The van der Waals surface area contributed by atoms with Crippen LogP contribution in [0.2, 0.25) is 15.1 Å². The van der Waals surface area contributed by atoms with E-state index < -0.39 is 0 Å². The van der Waals surface area contributed by atoms with Crippen LogP contribution in [0.1, 0.15) is 23.0 Å². The Morgan fingerprint density at radius 2 is 1.56 bits per heavy atom. The second-order valence-corrected chi connectivity index (χ2v) is 7.87. The summed E-state index contributed by atoms with van der Waals surface area (Å²) in [5.41, 5.74) is 2.19. The molecule has 4 atom stereocenters. The van der Waals surface area contributed by atoms with Gasteiger partial charge in [0, 0.05) is 27.5 Å². The predicted molar refractivity (Wildman–Crippen MR) is 103 cm³/mol. The standard InChI is InChI=1S/C20H16Cl3NO/c21-12-3-1-11(2-4-12)19-15(14-6-5-13(22)9-18(14)23)7-8-16-17(19)10-24-20(16)25/h1-9,15-17,19H,10H2,(H,24,25)/t15-,16+,17+,19-/m1/s1. The van der Waals surface area contributed by atoms with Gasteiger partial charge in [0.2, 0.25) is 5.91 Å². The molecule has 1 aliphatic heterocycles. The van der Waals surface area contributed by atoms with Gasteiger partial charge in [-0.05, 0) is 47.2 Å². The number of benzene rings is 2. The molecule has 4 rings (SSSR count). The average molecular weight is 393 g/mol. The number of fused-ring (bicyclic) bond motifs is 1. The predicted octanol–water partition coefficient (Wildman–Crippen LogP) is 5.45. The summed E-state index contributed by atoms with van der Waals surface area (Å²) in [5, 5.41) is 4.97. The number of nitrogens with one attached hydrogen (secondary N) is 1. The van der Waals surface area contributed by atoms with E-state index >= 15 is 0 Å². The summed E-state index contributed by atoms with van der Waals surface area (Å²) in [5.74, 6) is 0.420. The van der Waals surface area contributed by atoms with Gasteiger partial charge in [-0.15, -0.1) is 0 Å². The van der Waals surface area contributed by atoms with Gasteiger partial charge in [0.05, 0.1) is 5.92 Å². The minimum Gasteiger partial charge on any atom is -0.355 e. The van der Waals surface area contributed by atoms with Crippen LogP contribution >= 0.6 is 34.8 Å². The van der Waals surface area contributed by atoms with Gasteiger partial charge in [0.1, 0.15) is 0 Å². The molecule has 128 valence electrons. The van der Waals surface area contributed by atoms with Crippen LogP contribution in [0.25, 0.3) is 0 Å². The van der Waals surface area contributed by atoms with Gasteiger partial charge in [-0.2, -0.15) is 0 Å². The van der Waals surface area contributed by atoms with E-state index in [2.05, 4.69) is 11.4 Å². The first-order valence-electron chi connectivity index (χ1n) is 8.21. The molecule has 1 saturated heterocycles. The Bertz CT molecular complexity index is 847. The lowest BCUT2D eigenvalue weighted by molar-refractivity contribution is -0.121. The zero-order valence-corrected chi connectivity index (χ0v) is 15.5. The molecule has 0 radical (unpaired) electrons. The van der Waals surface area contributed by atoms with E-state index in [0.717, 1.165) is 11.1 Å². The number of carbonyl (C=O) groups is 1. The summed E-state index contributed by atoms with van der Waals surface area (Å²) in [7, 11) is 0. The number of hydrogen-bond acceptors (Lipinski definition) is 1. The summed E-state index contributed by atoms with van der Waals surface area (Å²) in [6.45, 7) is 0.669. The molecule has 2 aromatic rings. The maximum absolute atomic E-state index is 12.2. The van der Waals surface area contributed by atoms with Crippen LogP contribution < -0.4 is 5.32 Å². The number of halogens is 3. The summed E-state index contributed by atoms with van der Waals surface area (Å²) in [4.78, 5) is 12.2. The fourth-order valence-electron chi connectivity index (χ4n) is 4.07. The van der Waals surface area contributed by atoms with Gasteiger partial charge in [-0.1, -0.05) is 65.2 Å². The molecule has 0 spiro atoms. The van der Waals surface area contributed by atoms with Crippen molar-refractivity contribution < 1.29 is 4.79 Å². The molecule has 0 unspecified atom stereocenters. The van der Waals surface area contributed by atoms with Crippen molar-refractivity contribution in [2.75, 3.05) is 6.54 Å². The Kier molecular flexibility index (Phi) is 4.53. The van der Waals surface area contributed by atoms with Crippen LogP contribution in [-0.4, -0.2) is 12.5 Å². The number of hydrogen-bond donors (Lipinski definition) is 1. The van der Waals surface area contributed by atoms with E-state index in [1.165, 1.54) is 0 Å². The quantitative estimate of drug-likeness (QED) is 0.677. The van der Waals surface area contributed by atoms with Crippen molar-refractivity contribution in [1.82, 2.24) is 5.32 Å². The number of rotatable bonds is 2. The topological polar surface area (TPSA) is 29.1 Å². The maximum atomic E-state index is 12.2. The second-order valence-electron chi connectivity index (χ2n) is 6.59. The maximum Gasteiger partial charge on any atom is 0.227 e. The van der Waals surface area contributed by atoms with Crippen LogP contribution in [0.5, 0.6) is 0 Å². The van der Waals surface area contributed by atoms with Crippen molar-refractivity contribution >= 4 is 40.7 Å². The lowest BCUT2D eigenvalue weighted by Gasteiger charge is -2.36. The summed E-state index contributed by atoms with van der Waals surface area (Å²) in [6.07, 6.45) is 4.13. The Morgan fingerprint density at radius 3 is 2.28 bits per heavy atom. The fraction of sp³-hybridized carbons (Fsp3) is 0.250. The van der Waals surface area contributed by atoms with Crippen LogP contribution in [0.4, 0.5) is 0 Å². The molecule has 0 bridgehead atoms. The normalized spacial score (nSPS) is 27.9. The largest absolute Gasteiger partial charge is 0.355 e. The van der Waals surface area contributed by atoms with Gasteiger partial charge in [0.15, 0.2) is 0 Å². The van der Waals surface area contributed by atoms with Crippen molar-refractivity contribution in [2.24, 2.45) is 11.8 Å². The lowest BCUT2D eigenvalue weighted by Crippen LogP contribution is -2.29. The minimum atomic E-state index is -0.0944. The first kappa shape index (κ1) is 17.0.